The van der Waals surface area contributed by atoms with Crippen molar-refractivity contribution in [2.24, 2.45) is 0 Å². The summed E-state index contributed by atoms with van der Waals surface area (Å²) in [5.41, 5.74) is 1.79. The normalized spacial score (nSPS) is 11.9. The van der Waals surface area contributed by atoms with Crippen LogP contribution >= 0.6 is 11.6 Å². The Hall–Kier alpha value is -2.86. The van der Waals surface area contributed by atoms with Crippen LogP contribution in [-0.4, -0.2) is 28.2 Å². The molecule has 0 fully saturated rings. The van der Waals surface area contributed by atoms with Crippen molar-refractivity contribution < 1.29 is 14.3 Å². The minimum atomic E-state index is -0.935. The van der Waals surface area contributed by atoms with Crippen LogP contribution in [-0.2, 0) is 16.1 Å². The van der Waals surface area contributed by atoms with Gasteiger partial charge in [0, 0.05) is 17.0 Å². The number of amides is 1. The lowest BCUT2D eigenvalue weighted by molar-refractivity contribution is -0.129. The largest absolute Gasteiger partial charge is 0.448 e. The molecule has 1 atom stereocenters. The Balaban J connectivity index is 1.59. The second-order valence-corrected chi connectivity index (χ2v) is 5.95. The molecule has 1 aromatic heterocycles. The van der Waals surface area contributed by atoms with Gasteiger partial charge < -0.3 is 10.1 Å². The van der Waals surface area contributed by atoms with Crippen molar-refractivity contribution in [3.8, 4) is 0 Å². The molecule has 1 unspecified atom stereocenters. The Morgan fingerprint density at radius 2 is 1.92 bits per heavy atom. The van der Waals surface area contributed by atoms with Gasteiger partial charge in [-0.1, -0.05) is 41.9 Å². The summed E-state index contributed by atoms with van der Waals surface area (Å²) in [6.07, 6.45) is -0.935. The lowest BCUT2D eigenvalue weighted by Gasteiger charge is -2.13. The maximum Gasteiger partial charge on any atom is 0.360 e. The fourth-order valence-corrected chi connectivity index (χ4v) is 2.45. The Labute approximate surface area is 149 Å². The molecule has 0 aliphatic carbocycles. The van der Waals surface area contributed by atoms with Gasteiger partial charge in [0.25, 0.3) is 5.91 Å². The molecule has 6 nitrogen and oxygen atoms in total. The third kappa shape index (κ3) is 3.97. The smallest absolute Gasteiger partial charge is 0.360 e. The molecule has 0 bridgehead atoms. The highest BCUT2D eigenvalue weighted by atomic mass is 35.5. The van der Waals surface area contributed by atoms with E-state index in [2.05, 4.69) is 15.5 Å². The van der Waals surface area contributed by atoms with Crippen molar-refractivity contribution in [1.82, 2.24) is 15.5 Å². The zero-order chi connectivity index (χ0) is 17.8. The number of rotatable bonds is 5. The van der Waals surface area contributed by atoms with E-state index in [1.807, 2.05) is 18.2 Å². The quantitative estimate of drug-likeness (QED) is 0.687. The number of esters is 1. The number of halogens is 1. The van der Waals surface area contributed by atoms with E-state index in [1.165, 1.54) is 6.92 Å². The zero-order valence-electron chi connectivity index (χ0n) is 13.5. The molecule has 0 saturated carbocycles. The van der Waals surface area contributed by atoms with Gasteiger partial charge in [0.2, 0.25) is 0 Å². The molecule has 2 aromatic carbocycles. The fraction of sp³-hybridized carbons (Fsp3) is 0.167. The molecule has 25 heavy (non-hydrogen) atoms. The molecule has 0 saturated heterocycles. The number of ether oxygens (including phenoxy) is 1. The number of carbonyl (C=O) groups excluding carboxylic acids is 2. The van der Waals surface area contributed by atoms with E-state index in [0.717, 1.165) is 11.1 Å². The fourth-order valence-electron chi connectivity index (χ4n) is 2.32. The minimum absolute atomic E-state index is 0.160. The summed E-state index contributed by atoms with van der Waals surface area (Å²) in [5, 5.41) is 10.7. The molecule has 1 amide bonds. The maximum atomic E-state index is 12.2. The molecule has 0 aliphatic heterocycles. The van der Waals surface area contributed by atoms with Crippen molar-refractivity contribution in [3.05, 3.63) is 64.8 Å². The van der Waals surface area contributed by atoms with Crippen LogP contribution in [0, 0.1) is 0 Å². The first kappa shape index (κ1) is 17.0. The molecule has 7 heteroatoms. The van der Waals surface area contributed by atoms with Crippen LogP contribution in [0.5, 0.6) is 0 Å². The lowest BCUT2D eigenvalue weighted by Crippen LogP contribution is -2.35. The van der Waals surface area contributed by atoms with E-state index in [4.69, 9.17) is 16.3 Å². The third-order valence-electron chi connectivity index (χ3n) is 3.70. The molecule has 1 heterocycles. The number of carbonyl (C=O) groups is 2. The van der Waals surface area contributed by atoms with Crippen LogP contribution in [0.2, 0.25) is 5.02 Å². The average Bonchev–Trinajstić information content (AvgIpc) is 3.05. The highest BCUT2D eigenvalue weighted by Crippen LogP contribution is 2.16. The molecule has 0 aliphatic rings. The first-order chi connectivity index (χ1) is 12.0. The molecule has 3 rings (SSSR count). The third-order valence-corrected chi connectivity index (χ3v) is 3.95. The lowest BCUT2D eigenvalue weighted by atomic mass is 10.2. The predicted molar refractivity (Wildman–Crippen MR) is 94.3 cm³/mol. The van der Waals surface area contributed by atoms with Crippen molar-refractivity contribution in [3.63, 3.8) is 0 Å². The summed E-state index contributed by atoms with van der Waals surface area (Å²) >= 11 is 5.82. The van der Waals surface area contributed by atoms with Gasteiger partial charge in [0.05, 0.1) is 5.52 Å². The number of aromatic amines is 1. The Bertz CT molecular complexity index is 905. The highest BCUT2D eigenvalue weighted by molar-refractivity contribution is 6.30. The van der Waals surface area contributed by atoms with E-state index in [9.17, 15) is 9.59 Å². The molecule has 0 radical (unpaired) electrons. The van der Waals surface area contributed by atoms with E-state index in [0.29, 0.717) is 17.0 Å². The maximum absolute atomic E-state index is 12.2. The summed E-state index contributed by atoms with van der Waals surface area (Å²) in [6.45, 7) is 1.84. The van der Waals surface area contributed by atoms with E-state index in [-0.39, 0.29) is 11.6 Å². The highest BCUT2D eigenvalue weighted by Gasteiger charge is 2.22. The number of benzene rings is 2. The number of hydrogen-bond acceptors (Lipinski definition) is 4. The van der Waals surface area contributed by atoms with Crippen LogP contribution in [0.1, 0.15) is 23.0 Å². The van der Waals surface area contributed by atoms with Gasteiger partial charge in [-0.25, -0.2) is 4.79 Å². The SMILES string of the molecule is CC(OC(=O)c1n[nH]c2ccccc12)C(=O)NCc1ccc(Cl)cc1. The first-order valence-electron chi connectivity index (χ1n) is 7.71. The number of hydrogen-bond donors (Lipinski definition) is 2. The Morgan fingerprint density at radius 1 is 1.20 bits per heavy atom. The summed E-state index contributed by atoms with van der Waals surface area (Å²) in [7, 11) is 0. The van der Waals surface area contributed by atoms with Crippen LogP contribution in [0.4, 0.5) is 0 Å². The number of nitrogens with zero attached hydrogens (tertiary/aromatic N) is 1. The second kappa shape index (κ2) is 7.36. The average molecular weight is 358 g/mol. The molecule has 0 spiro atoms. The summed E-state index contributed by atoms with van der Waals surface area (Å²) in [4.78, 5) is 24.4. The monoisotopic (exact) mass is 357 g/mol. The number of aromatic nitrogens is 2. The molecule has 128 valence electrons. The van der Waals surface area contributed by atoms with Gasteiger partial charge in [0.1, 0.15) is 0 Å². The van der Waals surface area contributed by atoms with Crippen molar-refractivity contribution in [2.45, 2.75) is 19.6 Å². The number of H-pyrrole nitrogens is 1. The topological polar surface area (TPSA) is 84.1 Å². The summed E-state index contributed by atoms with van der Waals surface area (Å²) in [6, 6.07) is 14.3. The zero-order valence-corrected chi connectivity index (χ0v) is 14.2. The number of nitrogens with one attached hydrogen (secondary N) is 2. The van der Waals surface area contributed by atoms with Gasteiger partial charge in [0.15, 0.2) is 11.8 Å². The Kier molecular flexibility index (Phi) is 5.00. The van der Waals surface area contributed by atoms with Gasteiger partial charge in [-0.3, -0.25) is 9.89 Å². The second-order valence-electron chi connectivity index (χ2n) is 5.51. The number of para-hydroxylation sites is 1. The van der Waals surface area contributed by atoms with Gasteiger partial charge in [-0.2, -0.15) is 5.10 Å². The minimum Gasteiger partial charge on any atom is -0.448 e. The molecule has 2 N–H and O–H groups in total. The van der Waals surface area contributed by atoms with E-state index in [1.54, 1.807) is 30.3 Å². The Morgan fingerprint density at radius 3 is 2.68 bits per heavy atom. The van der Waals surface area contributed by atoms with Crippen molar-refractivity contribution >= 4 is 34.4 Å². The molecular formula is C18H16ClN3O3. The van der Waals surface area contributed by atoms with E-state index < -0.39 is 12.1 Å². The van der Waals surface area contributed by atoms with Crippen LogP contribution in [0.3, 0.4) is 0 Å². The van der Waals surface area contributed by atoms with Crippen LogP contribution < -0.4 is 5.32 Å². The van der Waals surface area contributed by atoms with Crippen molar-refractivity contribution in [1.29, 1.82) is 0 Å². The van der Waals surface area contributed by atoms with Gasteiger partial charge in [-0.05, 0) is 30.7 Å². The van der Waals surface area contributed by atoms with E-state index >= 15 is 0 Å². The predicted octanol–water partition coefficient (Wildman–Crippen LogP) is 3.08. The summed E-state index contributed by atoms with van der Waals surface area (Å²) in [5.74, 6) is -1.03. The van der Waals surface area contributed by atoms with Crippen LogP contribution in [0.15, 0.2) is 48.5 Å². The number of fused-ring (bicyclic) bond motifs is 1. The van der Waals surface area contributed by atoms with Crippen molar-refractivity contribution in [2.75, 3.05) is 0 Å². The first-order valence-corrected chi connectivity index (χ1v) is 8.08. The molecular weight excluding hydrogens is 342 g/mol. The molecule has 3 aromatic rings. The van der Waals surface area contributed by atoms with Gasteiger partial charge >= 0.3 is 5.97 Å². The van der Waals surface area contributed by atoms with Crippen LogP contribution in [0.25, 0.3) is 10.9 Å². The standard InChI is InChI=1S/C18H16ClN3O3/c1-11(17(23)20-10-12-6-8-13(19)9-7-12)25-18(24)16-14-4-2-3-5-15(14)21-22-16/h2-9,11H,10H2,1H3,(H,20,23)(H,21,22). The van der Waals surface area contributed by atoms with Gasteiger partial charge in [-0.15, -0.1) is 0 Å². The summed E-state index contributed by atoms with van der Waals surface area (Å²) < 4.78 is 5.22.